The summed E-state index contributed by atoms with van der Waals surface area (Å²) in [6, 6.07) is 13.4. The van der Waals surface area contributed by atoms with Crippen LogP contribution in [0.5, 0.6) is 0 Å². The van der Waals surface area contributed by atoms with Crippen LogP contribution >= 0.6 is 15.9 Å². The van der Waals surface area contributed by atoms with E-state index in [1.807, 2.05) is 0 Å². The van der Waals surface area contributed by atoms with Crippen LogP contribution in [0, 0.1) is 0 Å². The summed E-state index contributed by atoms with van der Waals surface area (Å²) in [5.41, 5.74) is 1.25. The van der Waals surface area contributed by atoms with Crippen molar-refractivity contribution in [1.29, 1.82) is 0 Å². The van der Waals surface area contributed by atoms with Gasteiger partial charge in [0.15, 0.2) is 0 Å². The molecule has 1 fully saturated rings. The van der Waals surface area contributed by atoms with E-state index in [0.717, 1.165) is 11.0 Å². The minimum absolute atomic E-state index is 0.559. The zero-order chi connectivity index (χ0) is 13.2. The summed E-state index contributed by atoms with van der Waals surface area (Å²) in [5, 5.41) is 6.29. The van der Waals surface area contributed by atoms with Crippen molar-refractivity contribution in [3.8, 4) is 0 Å². The Kier molecular flexibility index (Phi) is 3.76. The van der Waals surface area contributed by atoms with Crippen LogP contribution in [0.2, 0.25) is 0 Å². The van der Waals surface area contributed by atoms with Gasteiger partial charge in [0.25, 0.3) is 0 Å². The smallest absolute Gasteiger partial charge is 0.0423 e. The molecule has 1 aliphatic rings. The van der Waals surface area contributed by atoms with E-state index < -0.39 is 0 Å². The third-order valence-corrected chi connectivity index (χ3v) is 4.55. The number of fused-ring (bicyclic) bond motifs is 1. The molecule has 1 heterocycles. The highest BCUT2D eigenvalue weighted by molar-refractivity contribution is 9.10. The molecule has 2 aromatic rings. The minimum atomic E-state index is 0.559. The van der Waals surface area contributed by atoms with Crippen LogP contribution in [0.15, 0.2) is 40.9 Å². The first kappa shape index (κ1) is 12.9. The number of nitrogens with one attached hydrogen (secondary N) is 1. The molecule has 1 atom stereocenters. The Morgan fingerprint density at radius 2 is 1.95 bits per heavy atom. The van der Waals surface area contributed by atoms with Crippen molar-refractivity contribution >= 4 is 32.4 Å². The van der Waals surface area contributed by atoms with Crippen LogP contribution in [-0.4, -0.2) is 31.1 Å². The molecule has 2 nitrogen and oxygen atoms in total. The Balaban J connectivity index is 1.90. The molecule has 0 aliphatic carbocycles. The van der Waals surface area contributed by atoms with Gasteiger partial charge in [0, 0.05) is 28.1 Å². The van der Waals surface area contributed by atoms with Crippen LogP contribution in [-0.2, 0) is 0 Å². The van der Waals surface area contributed by atoms with E-state index in [1.54, 1.807) is 0 Å². The van der Waals surface area contributed by atoms with Gasteiger partial charge in [0.1, 0.15) is 0 Å². The first-order valence-electron chi connectivity index (χ1n) is 6.86. The molecule has 3 rings (SSSR count). The lowest BCUT2D eigenvalue weighted by molar-refractivity contribution is 0.261. The quantitative estimate of drug-likeness (QED) is 0.896. The summed E-state index contributed by atoms with van der Waals surface area (Å²) in [6.07, 6.45) is 2.54. The van der Waals surface area contributed by atoms with Gasteiger partial charge in [-0.3, -0.25) is 0 Å². The van der Waals surface area contributed by atoms with Gasteiger partial charge in [-0.1, -0.05) is 40.2 Å². The number of benzene rings is 2. The fourth-order valence-electron chi connectivity index (χ4n) is 2.89. The topological polar surface area (TPSA) is 15.3 Å². The lowest BCUT2D eigenvalue weighted by atomic mass is 10.0. The Labute approximate surface area is 122 Å². The number of nitrogens with zero attached hydrogens (tertiary/aromatic N) is 1. The van der Waals surface area contributed by atoms with E-state index in [-0.39, 0.29) is 0 Å². The number of hydrogen-bond donors (Lipinski definition) is 1. The molecule has 1 N–H and O–H groups in total. The number of anilines is 1. The summed E-state index contributed by atoms with van der Waals surface area (Å²) in [5.74, 6) is 0. The predicted octanol–water partition coefficient (Wildman–Crippen LogP) is 4.11. The molecule has 0 saturated carbocycles. The molecule has 0 radical (unpaired) electrons. The number of likely N-dealkylation sites (tertiary alicyclic amines) is 1. The second-order valence-corrected chi connectivity index (χ2v) is 6.24. The summed E-state index contributed by atoms with van der Waals surface area (Å²) < 4.78 is 1.16. The second kappa shape index (κ2) is 5.51. The molecular weight excluding hydrogens is 300 g/mol. The first-order chi connectivity index (χ1) is 9.24. The average molecular weight is 319 g/mol. The Bertz CT molecular complexity index is 582. The van der Waals surface area contributed by atoms with E-state index >= 15 is 0 Å². The zero-order valence-electron chi connectivity index (χ0n) is 11.2. The first-order valence-corrected chi connectivity index (χ1v) is 7.65. The van der Waals surface area contributed by atoms with E-state index in [4.69, 9.17) is 0 Å². The summed E-state index contributed by atoms with van der Waals surface area (Å²) in [7, 11) is 2.20. The molecule has 2 aromatic carbocycles. The van der Waals surface area contributed by atoms with Crippen molar-refractivity contribution in [3.05, 3.63) is 40.9 Å². The van der Waals surface area contributed by atoms with Crippen molar-refractivity contribution in [3.63, 3.8) is 0 Å². The van der Waals surface area contributed by atoms with Gasteiger partial charge in [-0.2, -0.15) is 0 Å². The van der Waals surface area contributed by atoms with E-state index in [1.165, 1.54) is 35.8 Å². The number of rotatable bonds is 2. The molecule has 0 spiro atoms. The van der Waals surface area contributed by atoms with Gasteiger partial charge < -0.3 is 10.2 Å². The number of halogens is 1. The molecule has 1 saturated heterocycles. The van der Waals surface area contributed by atoms with Gasteiger partial charge >= 0.3 is 0 Å². The molecule has 19 heavy (non-hydrogen) atoms. The SMILES string of the molecule is CN1CCCC(Nc2ccc(Br)c3ccccc23)C1. The van der Waals surface area contributed by atoms with Crippen LogP contribution in [0.3, 0.4) is 0 Å². The fourth-order valence-corrected chi connectivity index (χ4v) is 3.37. The third-order valence-electron chi connectivity index (χ3n) is 3.85. The van der Waals surface area contributed by atoms with Crippen molar-refractivity contribution < 1.29 is 0 Å². The molecule has 1 unspecified atom stereocenters. The Hall–Kier alpha value is -1.06. The normalized spacial score (nSPS) is 20.6. The molecule has 3 heteroatoms. The van der Waals surface area contributed by atoms with Gasteiger partial charge in [-0.25, -0.2) is 0 Å². The highest BCUT2D eigenvalue weighted by Crippen LogP contribution is 2.30. The third kappa shape index (κ3) is 2.77. The maximum Gasteiger partial charge on any atom is 0.0423 e. The highest BCUT2D eigenvalue weighted by atomic mass is 79.9. The van der Waals surface area contributed by atoms with Crippen LogP contribution in [0.4, 0.5) is 5.69 Å². The monoisotopic (exact) mass is 318 g/mol. The molecule has 1 aliphatic heterocycles. The lowest BCUT2D eigenvalue weighted by Crippen LogP contribution is -2.39. The van der Waals surface area contributed by atoms with Crippen LogP contribution in [0.25, 0.3) is 10.8 Å². The summed E-state index contributed by atoms with van der Waals surface area (Å²) in [6.45, 7) is 2.35. The van der Waals surface area contributed by atoms with Gasteiger partial charge in [0.05, 0.1) is 0 Å². The number of piperidine rings is 1. The zero-order valence-corrected chi connectivity index (χ0v) is 12.8. The lowest BCUT2D eigenvalue weighted by Gasteiger charge is -2.31. The van der Waals surface area contributed by atoms with Crippen molar-refractivity contribution in [2.24, 2.45) is 0 Å². The Morgan fingerprint density at radius 3 is 2.74 bits per heavy atom. The van der Waals surface area contributed by atoms with Gasteiger partial charge in [-0.05, 0) is 44.0 Å². The van der Waals surface area contributed by atoms with E-state index in [9.17, 15) is 0 Å². The van der Waals surface area contributed by atoms with Gasteiger partial charge in [0.2, 0.25) is 0 Å². The largest absolute Gasteiger partial charge is 0.381 e. The minimum Gasteiger partial charge on any atom is -0.381 e. The van der Waals surface area contributed by atoms with E-state index in [0.29, 0.717) is 6.04 Å². The van der Waals surface area contributed by atoms with Crippen LogP contribution < -0.4 is 5.32 Å². The average Bonchev–Trinajstić information content (AvgIpc) is 2.42. The number of hydrogen-bond acceptors (Lipinski definition) is 2. The van der Waals surface area contributed by atoms with Crippen LogP contribution in [0.1, 0.15) is 12.8 Å². The standard InChI is InChI=1S/C16H19BrN2/c1-19-10-4-5-12(11-19)18-16-9-8-15(17)13-6-2-3-7-14(13)16/h2-3,6-9,12,18H,4-5,10-11H2,1H3. The van der Waals surface area contributed by atoms with Crippen molar-refractivity contribution in [1.82, 2.24) is 4.90 Å². The predicted molar refractivity (Wildman–Crippen MR) is 85.8 cm³/mol. The van der Waals surface area contributed by atoms with Gasteiger partial charge in [-0.15, -0.1) is 0 Å². The van der Waals surface area contributed by atoms with E-state index in [2.05, 4.69) is 69.6 Å². The van der Waals surface area contributed by atoms with Crippen molar-refractivity contribution in [2.45, 2.75) is 18.9 Å². The maximum atomic E-state index is 3.72. The molecular formula is C16H19BrN2. The second-order valence-electron chi connectivity index (χ2n) is 5.39. The highest BCUT2D eigenvalue weighted by Gasteiger charge is 2.17. The fraction of sp³-hybridized carbons (Fsp3) is 0.375. The summed E-state index contributed by atoms with van der Waals surface area (Å²) >= 11 is 3.63. The summed E-state index contributed by atoms with van der Waals surface area (Å²) in [4.78, 5) is 2.40. The molecule has 0 amide bonds. The van der Waals surface area contributed by atoms with Crippen molar-refractivity contribution in [2.75, 3.05) is 25.5 Å². The maximum absolute atomic E-state index is 3.72. The molecule has 100 valence electrons. The molecule has 0 aromatic heterocycles. The molecule has 0 bridgehead atoms. The Morgan fingerprint density at radius 1 is 1.16 bits per heavy atom. The number of likely N-dealkylation sites (N-methyl/N-ethyl adjacent to an activating group) is 1.